The zero-order chi connectivity index (χ0) is 12.6. The normalized spacial score (nSPS) is 12.7. The van der Waals surface area contributed by atoms with Gasteiger partial charge in [-0.1, -0.05) is 41.5 Å². The first-order valence-electron chi connectivity index (χ1n) is 5.73. The van der Waals surface area contributed by atoms with Gasteiger partial charge in [0.25, 0.3) is 0 Å². The minimum atomic E-state index is -0.468. The summed E-state index contributed by atoms with van der Waals surface area (Å²) in [5.74, 6) is 1.73. The maximum atomic E-state index is 10.3. The lowest BCUT2D eigenvalue weighted by Gasteiger charge is -2.08. The molecule has 1 amide bonds. The average molecular weight is 216 g/mol. The molecule has 0 rings (SSSR count). The summed E-state index contributed by atoms with van der Waals surface area (Å²) in [5, 5.41) is 0. The Labute approximate surface area is 94.6 Å². The van der Waals surface area contributed by atoms with E-state index in [1.54, 1.807) is 0 Å². The van der Waals surface area contributed by atoms with E-state index in [1.807, 2.05) is 13.8 Å². The van der Waals surface area contributed by atoms with E-state index < -0.39 is 11.9 Å². The van der Waals surface area contributed by atoms with Crippen LogP contribution in [0.4, 0.5) is 0 Å². The van der Waals surface area contributed by atoms with E-state index in [-0.39, 0.29) is 0 Å². The van der Waals surface area contributed by atoms with Crippen molar-refractivity contribution in [3.05, 3.63) is 0 Å². The molecule has 92 valence electrons. The molecule has 4 N–H and O–H groups in total. The number of carbonyl (C=O) groups is 1. The minimum absolute atomic E-state index is 0.413. The maximum Gasteiger partial charge on any atom is 0.234 e. The van der Waals surface area contributed by atoms with Gasteiger partial charge in [0, 0.05) is 0 Å². The van der Waals surface area contributed by atoms with E-state index in [0.717, 1.165) is 11.8 Å². The Morgan fingerprint density at radius 2 is 1.33 bits per heavy atom. The highest BCUT2D eigenvalue weighted by Crippen LogP contribution is 2.05. The van der Waals surface area contributed by atoms with Crippen LogP contribution in [0.15, 0.2) is 0 Å². The van der Waals surface area contributed by atoms with Crippen LogP contribution in [0.1, 0.15) is 48.0 Å². The fourth-order valence-corrected chi connectivity index (χ4v) is 0.624. The summed E-state index contributed by atoms with van der Waals surface area (Å²) in [6.07, 6.45) is 0.676. The molecule has 0 radical (unpaired) electrons. The number of hydrogen-bond acceptors (Lipinski definition) is 2. The molecule has 15 heavy (non-hydrogen) atoms. The summed E-state index contributed by atoms with van der Waals surface area (Å²) in [5.41, 5.74) is 10.3. The van der Waals surface area contributed by atoms with E-state index in [1.165, 1.54) is 0 Å². The van der Waals surface area contributed by atoms with Crippen LogP contribution in [0.2, 0.25) is 0 Å². The molecule has 0 heterocycles. The van der Waals surface area contributed by atoms with Crippen LogP contribution in [0.5, 0.6) is 0 Å². The van der Waals surface area contributed by atoms with Crippen molar-refractivity contribution in [1.82, 2.24) is 0 Å². The van der Waals surface area contributed by atoms with Gasteiger partial charge in [-0.25, -0.2) is 0 Å². The van der Waals surface area contributed by atoms with Crippen LogP contribution in [-0.4, -0.2) is 11.9 Å². The topological polar surface area (TPSA) is 69.1 Å². The monoisotopic (exact) mass is 216 g/mol. The Hall–Kier alpha value is -0.570. The third-order valence-corrected chi connectivity index (χ3v) is 2.42. The second kappa shape index (κ2) is 8.72. The van der Waals surface area contributed by atoms with Gasteiger partial charge in [0.05, 0.1) is 6.04 Å². The molecule has 3 heteroatoms. The fourth-order valence-electron chi connectivity index (χ4n) is 0.624. The Balaban J connectivity index is 0. The van der Waals surface area contributed by atoms with Crippen LogP contribution in [0.3, 0.4) is 0 Å². The predicted octanol–water partition coefficient (Wildman–Crippen LogP) is 2.14. The maximum absolute atomic E-state index is 10.3. The first-order chi connectivity index (χ1) is 6.68. The van der Waals surface area contributed by atoms with Crippen molar-refractivity contribution < 1.29 is 4.79 Å². The molecule has 0 aliphatic carbocycles. The zero-order valence-electron chi connectivity index (χ0n) is 11.1. The SMILES string of the molecule is CC(C)C(C)C.CC(C)CC(N)C(N)=O. The van der Waals surface area contributed by atoms with Crippen LogP contribution >= 0.6 is 0 Å². The van der Waals surface area contributed by atoms with Gasteiger partial charge in [0.1, 0.15) is 0 Å². The Bertz CT molecular complexity index is 159. The van der Waals surface area contributed by atoms with Gasteiger partial charge in [-0.15, -0.1) is 0 Å². The molecule has 0 aromatic rings. The van der Waals surface area contributed by atoms with Crippen molar-refractivity contribution in [3.8, 4) is 0 Å². The second-order valence-electron chi connectivity index (χ2n) is 5.13. The number of amides is 1. The lowest BCUT2D eigenvalue weighted by atomic mass is 10.0. The quantitative estimate of drug-likeness (QED) is 0.756. The first kappa shape index (κ1) is 16.8. The van der Waals surface area contributed by atoms with Gasteiger partial charge in [0.15, 0.2) is 0 Å². The lowest BCUT2D eigenvalue weighted by Crippen LogP contribution is -2.37. The molecular formula is C12H28N2O. The minimum Gasteiger partial charge on any atom is -0.368 e. The van der Waals surface area contributed by atoms with Gasteiger partial charge >= 0.3 is 0 Å². The molecule has 0 aliphatic rings. The predicted molar refractivity (Wildman–Crippen MR) is 66.3 cm³/mol. The zero-order valence-corrected chi connectivity index (χ0v) is 11.1. The second-order valence-corrected chi connectivity index (χ2v) is 5.13. The third-order valence-electron chi connectivity index (χ3n) is 2.42. The van der Waals surface area contributed by atoms with Gasteiger partial charge in [-0.2, -0.15) is 0 Å². The molecule has 0 spiro atoms. The number of hydrogen-bond donors (Lipinski definition) is 2. The Kier molecular flexibility index (Phi) is 9.79. The van der Waals surface area contributed by atoms with E-state index in [4.69, 9.17) is 11.5 Å². The largest absolute Gasteiger partial charge is 0.368 e. The fraction of sp³-hybridized carbons (Fsp3) is 0.917. The molecule has 0 aliphatic heterocycles. The number of primary amides is 1. The van der Waals surface area contributed by atoms with Crippen LogP contribution in [0, 0.1) is 17.8 Å². The summed E-state index contributed by atoms with van der Waals surface area (Å²) in [6, 6.07) is -0.468. The van der Waals surface area contributed by atoms with Crippen LogP contribution in [0.25, 0.3) is 0 Å². The van der Waals surface area contributed by atoms with Crippen molar-refractivity contribution in [3.63, 3.8) is 0 Å². The van der Waals surface area contributed by atoms with E-state index in [9.17, 15) is 4.79 Å². The standard InChI is InChI=1S/C6H14N2O.C6H14/c1-4(2)3-5(7)6(8)9;1-5(2)6(3)4/h4-5H,3,7H2,1-2H3,(H2,8,9);5-6H,1-4H3. The Morgan fingerprint density at radius 1 is 1.00 bits per heavy atom. The van der Waals surface area contributed by atoms with Crippen molar-refractivity contribution in [2.24, 2.45) is 29.2 Å². The van der Waals surface area contributed by atoms with Gasteiger partial charge in [0.2, 0.25) is 5.91 Å². The lowest BCUT2D eigenvalue weighted by molar-refractivity contribution is -0.119. The smallest absolute Gasteiger partial charge is 0.234 e. The molecule has 0 saturated carbocycles. The molecular weight excluding hydrogens is 188 g/mol. The van der Waals surface area contributed by atoms with Gasteiger partial charge in [-0.3, -0.25) is 4.79 Å². The molecule has 0 saturated heterocycles. The summed E-state index contributed by atoms with van der Waals surface area (Å²) in [6.45, 7) is 13.0. The van der Waals surface area contributed by atoms with Gasteiger partial charge < -0.3 is 11.5 Å². The molecule has 3 nitrogen and oxygen atoms in total. The van der Waals surface area contributed by atoms with Gasteiger partial charge in [-0.05, 0) is 24.2 Å². The van der Waals surface area contributed by atoms with Crippen molar-refractivity contribution in [2.45, 2.75) is 54.0 Å². The van der Waals surface area contributed by atoms with Crippen LogP contribution < -0.4 is 11.5 Å². The number of rotatable bonds is 4. The van der Waals surface area contributed by atoms with E-state index in [0.29, 0.717) is 12.3 Å². The van der Waals surface area contributed by atoms with Crippen molar-refractivity contribution in [1.29, 1.82) is 0 Å². The van der Waals surface area contributed by atoms with Crippen molar-refractivity contribution >= 4 is 5.91 Å². The highest BCUT2D eigenvalue weighted by Gasteiger charge is 2.09. The molecule has 1 atom stereocenters. The number of carbonyl (C=O) groups excluding carboxylic acids is 1. The van der Waals surface area contributed by atoms with Crippen LogP contribution in [-0.2, 0) is 4.79 Å². The molecule has 1 unspecified atom stereocenters. The highest BCUT2D eigenvalue weighted by molar-refractivity contribution is 5.79. The average Bonchev–Trinajstić information content (AvgIpc) is 2.03. The highest BCUT2D eigenvalue weighted by atomic mass is 16.1. The number of nitrogens with two attached hydrogens (primary N) is 2. The first-order valence-corrected chi connectivity index (χ1v) is 5.73. The van der Waals surface area contributed by atoms with E-state index in [2.05, 4.69) is 27.7 Å². The third kappa shape index (κ3) is 13.4. The molecule has 0 fully saturated rings. The Morgan fingerprint density at radius 3 is 1.40 bits per heavy atom. The summed E-state index contributed by atoms with van der Waals surface area (Å²) in [4.78, 5) is 10.3. The molecule has 0 aromatic heterocycles. The summed E-state index contributed by atoms with van der Waals surface area (Å²) in [7, 11) is 0. The summed E-state index contributed by atoms with van der Waals surface area (Å²) < 4.78 is 0. The molecule has 0 bridgehead atoms. The van der Waals surface area contributed by atoms with Crippen molar-refractivity contribution in [2.75, 3.05) is 0 Å². The summed E-state index contributed by atoms with van der Waals surface area (Å²) >= 11 is 0. The van der Waals surface area contributed by atoms with E-state index >= 15 is 0 Å². The molecule has 0 aromatic carbocycles.